The number of rotatable bonds is 2. The van der Waals surface area contributed by atoms with Crippen LogP contribution in [0.2, 0.25) is 0 Å². The Kier molecular flexibility index (Phi) is 2.74. The molecule has 2 aromatic heterocycles. The minimum Gasteiger partial charge on any atom is -0.379 e. The van der Waals surface area contributed by atoms with Crippen molar-refractivity contribution in [3.63, 3.8) is 0 Å². The van der Waals surface area contributed by atoms with Crippen LogP contribution in [0.3, 0.4) is 0 Å². The van der Waals surface area contributed by atoms with E-state index in [2.05, 4.69) is 9.97 Å². The van der Waals surface area contributed by atoms with Gasteiger partial charge in [-0.3, -0.25) is 10.2 Å². The first-order valence-corrected chi connectivity index (χ1v) is 5.96. The Morgan fingerprint density at radius 2 is 2.53 bits per heavy atom. The second-order valence-corrected chi connectivity index (χ2v) is 4.73. The molecule has 2 heterocycles. The van der Waals surface area contributed by atoms with E-state index in [0.29, 0.717) is 21.8 Å². The lowest BCUT2D eigenvalue weighted by Crippen LogP contribution is -2.11. The number of aromatic amines is 1. The van der Waals surface area contributed by atoms with Crippen LogP contribution >= 0.6 is 23.1 Å². The lowest BCUT2D eigenvalue weighted by Gasteiger charge is -1.98. The fraction of sp³-hybridized carbons (Fsp3) is 0.125. The Morgan fingerprint density at radius 1 is 1.73 bits per heavy atom. The zero-order valence-electron chi connectivity index (χ0n) is 7.61. The highest BCUT2D eigenvalue weighted by molar-refractivity contribution is 8.13. The van der Waals surface area contributed by atoms with Crippen LogP contribution in [0.15, 0.2) is 16.2 Å². The van der Waals surface area contributed by atoms with Gasteiger partial charge in [-0.05, 0) is 11.4 Å². The Hall–Kier alpha value is -1.34. The summed E-state index contributed by atoms with van der Waals surface area (Å²) in [5, 5.41) is 8.90. The Balaban J connectivity index is 2.36. The molecule has 2 rings (SSSR count). The maximum atomic E-state index is 11.5. The average molecular weight is 240 g/mol. The summed E-state index contributed by atoms with van der Waals surface area (Å²) in [6.07, 6.45) is 0. The molecule has 0 saturated carbocycles. The van der Waals surface area contributed by atoms with Gasteiger partial charge in [0.25, 0.3) is 5.56 Å². The van der Waals surface area contributed by atoms with Crippen molar-refractivity contribution >= 4 is 38.5 Å². The van der Waals surface area contributed by atoms with Gasteiger partial charge < -0.3 is 10.7 Å². The van der Waals surface area contributed by atoms with E-state index in [9.17, 15) is 4.79 Å². The highest BCUT2D eigenvalue weighted by atomic mass is 32.2. The number of hydrogen-bond acceptors (Lipinski definition) is 5. The molecule has 0 saturated heterocycles. The summed E-state index contributed by atoms with van der Waals surface area (Å²) in [6.45, 7) is 0. The third-order valence-electron chi connectivity index (χ3n) is 1.73. The maximum Gasteiger partial charge on any atom is 0.268 e. The first-order chi connectivity index (χ1) is 7.16. The van der Waals surface area contributed by atoms with Gasteiger partial charge in [-0.25, -0.2) is 4.98 Å². The van der Waals surface area contributed by atoms with Gasteiger partial charge in [0.2, 0.25) is 0 Å². The minimum atomic E-state index is -0.130. The first kappa shape index (κ1) is 10.2. The Bertz CT molecular complexity index is 559. The molecule has 0 atom stereocenters. The highest BCUT2D eigenvalue weighted by Crippen LogP contribution is 2.15. The third kappa shape index (κ3) is 2.18. The van der Waals surface area contributed by atoms with Crippen molar-refractivity contribution in [2.45, 2.75) is 5.75 Å². The highest BCUT2D eigenvalue weighted by Gasteiger charge is 2.05. The van der Waals surface area contributed by atoms with Crippen molar-refractivity contribution in [1.82, 2.24) is 9.97 Å². The van der Waals surface area contributed by atoms with E-state index in [1.165, 1.54) is 11.3 Å². The normalized spacial score (nSPS) is 10.7. The van der Waals surface area contributed by atoms with Crippen LogP contribution in [-0.2, 0) is 5.75 Å². The molecule has 78 valence electrons. The molecule has 0 bridgehead atoms. The number of nitrogens with two attached hydrogens (primary N) is 1. The summed E-state index contributed by atoms with van der Waals surface area (Å²) in [4.78, 5) is 18.4. The molecule has 0 spiro atoms. The minimum absolute atomic E-state index is 0.0167. The molecule has 4 N–H and O–H groups in total. The zero-order chi connectivity index (χ0) is 10.8. The molecular weight excluding hydrogens is 232 g/mol. The summed E-state index contributed by atoms with van der Waals surface area (Å²) in [7, 11) is 0. The average Bonchev–Trinajstić information content (AvgIpc) is 2.63. The zero-order valence-corrected chi connectivity index (χ0v) is 9.24. The molecule has 0 unspecified atom stereocenters. The van der Waals surface area contributed by atoms with Crippen molar-refractivity contribution < 1.29 is 0 Å². The number of hydrogen-bond donors (Lipinski definition) is 3. The molecule has 2 aromatic rings. The number of fused-ring (bicyclic) bond motifs is 1. The van der Waals surface area contributed by atoms with Crippen LogP contribution in [0.5, 0.6) is 0 Å². The van der Waals surface area contributed by atoms with E-state index >= 15 is 0 Å². The molecule has 0 aromatic carbocycles. The van der Waals surface area contributed by atoms with Crippen LogP contribution in [0.25, 0.3) is 10.2 Å². The van der Waals surface area contributed by atoms with E-state index < -0.39 is 0 Å². The van der Waals surface area contributed by atoms with Crippen molar-refractivity contribution in [3.8, 4) is 0 Å². The molecule has 15 heavy (non-hydrogen) atoms. The second-order valence-electron chi connectivity index (χ2n) is 2.80. The van der Waals surface area contributed by atoms with Crippen molar-refractivity contribution in [1.29, 1.82) is 5.41 Å². The quantitative estimate of drug-likeness (QED) is 0.541. The molecule has 0 aliphatic carbocycles. The second kappa shape index (κ2) is 4.03. The van der Waals surface area contributed by atoms with Crippen LogP contribution in [0.4, 0.5) is 0 Å². The van der Waals surface area contributed by atoms with Gasteiger partial charge in [0, 0.05) is 0 Å². The van der Waals surface area contributed by atoms with Crippen molar-refractivity contribution in [2.24, 2.45) is 5.73 Å². The van der Waals surface area contributed by atoms with Crippen LogP contribution in [0, 0.1) is 5.41 Å². The molecule has 0 aliphatic rings. The molecule has 0 amide bonds. The topological polar surface area (TPSA) is 95.6 Å². The van der Waals surface area contributed by atoms with E-state index in [-0.39, 0.29) is 10.7 Å². The maximum absolute atomic E-state index is 11.5. The number of amidine groups is 1. The number of thiophene rings is 1. The fourth-order valence-electron chi connectivity index (χ4n) is 1.14. The predicted octanol–water partition coefficient (Wildman–Crippen LogP) is 1.11. The van der Waals surface area contributed by atoms with Crippen molar-refractivity contribution in [2.75, 3.05) is 0 Å². The summed E-state index contributed by atoms with van der Waals surface area (Å²) in [6, 6.07) is 1.80. The van der Waals surface area contributed by atoms with Gasteiger partial charge in [0.05, 0.1) is 11.3 Å². The summed E-state index contributed by atoms with van der Waals surface area (Å²) >= 11 is 2.50. The largest absolute Gasteiger partial charge is 0.379 e. The van der Waals surface area contributed by atoms with Gasteiger partial charge >= 0.3 is 0 Å². The number of aromatic nitrogens is 2. The van der Waals surface area contributed by atoms with E-state index in [1.54, 1.807) is 6.07 Å². The lowest BCUT2D eigenvalue weighted by molar-refractivity contribution is 1.05. The van der Waals surface area contributed by atoms with E-state index in [4.69, 9.17) is 11.1 Å². The van der Waals surface area contributed by atoms with Gasteiger partial charge in [-0.2, -0.15) is 0 Å². The lowest BCUT2D eigenvalue weighted by atomic mass is 10.4. The number of H-pyrrole nitrogens is 1. The first-order valence-electron chi connectivity index (χ1n) is 4.10. The van der Waals surface area contributed by atoms with Crippen molar-refractivity contribution in [3.05, 3.63) is 27.6 Å². The smallest absolute Gasteiger partial charge is 0.268 e. The Labute approximate surface area is 93.2 Å². The van der Waals surface area contributed by atoms with E-state index in [1.807, 2.05) is 5.38 Å². The fourth-order valence-corrected chi connectivity index (χ4v) is 2.29. The van der Waals surface area contributed by atoms with Crippen LogP contribution in [0.1, 0.15) is 5.82 Å². The molecular formula is C8H8N4OS2. The molecule has 0 radical (unpaired) electrons. The molecule has 0 fully saturated rings. The molecule has 5 nitrogen and oxygen atoms in total. The van der Waals surface area contributed by atoms with Crippen LogP contribution < -0.4 is 11.3 Å². The molecule has 0 aliphatic heterocycles. The summed E-state index contributed by atoms with van der Waals surface area (Å²) < 4.78 is 0.631. The van der Waals surface area contributed by atoms with E-state index in [0.717, 1.165) is 11.8 Å². The van der Waals surface area contributed by atoms with Gasteiger partial charge in [-0.1, -0.05) is 11.8 Å². The number of nitrogens with zero attached hydrogens (tertiary/aromatic N) is 1. The SMILES string of the molecule is N=C(N)SCc1nc2ccsc2c(=O)[nH]1. The summed E-state index contributed by atoms with van der Waals surface area (Å²) in [5.41, 5.74) is 5.77. The van der Waals surface area contributed by atoms with Gasteiger partial charge in [-0.15, -0.1) is 11.3 Å². The standard InChI is InChI=1S/C8H8N4OS2/c9-8(10)15-3-5-11-4-1-2-14-6(4)7(13)12-5/h1-2H,3H2,(H3,9,10)(H,11,12,13). The summed E-state index contributed by atoms with van der Waals surface area (Å²) in [5.74, 6) is 0.960. The number of thioether (sulfide) groups is 1. The monoisotopic (exact) mass is 240 g/mol. The third-order valence-corrected chi connectivity index (χ3v) is 3.36. The Morgan fingerprint density at radius 3 is 3.27 bits per heavy atom. The van der Waals surface area contributed by atoms with Gasteiger partial charge in [0.1, 0.15) is 10.5 Å². The van der Waals surface area contributed by atoms with Crippen LogP contribution in [-0.4, -0.2) is 15.1 Å². The number of nitrogens with one attached hydrogen (secondary N) is 2. The van der Waals surface area contributed by atoms with Gasteiger partial charge in [0.15, 0.2) is 5.17 Å². The molecule has 7 heteroatoms. The predicted molar refractivity (Wildman–Crippen MR) is 63.4 cm³/mol.